The lowest BCUT2D eigenvalue weighted by atomic mass is 9.87. The summed E-state index contributed by atoms with van der Waals surface area (Å²) in [6.45, 7) is 13.2. The van der Waals surface area contributed by atoms with Crippen LogP contribution in [0.5, 0.6) is 5.75 Å². The number of aromatic nitrogens is 1. The molecule has 0 spiro atoms. The van der Waals surface area contributed by atoms with Crippen molar-refractivity contribution in [1.29, 1.82) is 0 Å². The number of amides is 1. The average molecular weight is 506 g/mol. The molecule has 4 aromatic rings. The summed E-state index contributed by atoms with van der Waals surface area (Å²) in [5.41, 5.74) is 5.68. The molecule has 0 saturated carbocycles. The van der Waals surface area contributed by atoms with E-state index in [-0.39, 0.29) is 17.1 Å². The smallest absolute Gasteiger partial charge is 0.256 e. The summed E-state index contributed by atoms with van der Waals surface area (Å²) >= 11 is 0. The number of aryl methyl sites for hydroxylation is 1. The summed E-state index contributed by atoms with van der Waals surface area (Å²) in [4.78, 5) is 22.4. The highest BCUT2D eigenvalue weighted by Crippen LogP contribution is 2.29. The Morgan fingerprint density at radius 1 is 0.921 bits per heavy atom. The van der Waals surface area contributed by atoms with Gasteiger partial charge in [-0.2, -0.15) is 0 Å². The van der Waals surface area contributed by atoms with Gasteiger partial charge in [-0.15, -0.1) is 0 Å². The van der Waals surface area contributed by atoms with Crippen molar-refractivity contribution in [1.82, 2.24) is 10.3 Å². The first-order valence-electron chi connectivity index (χ1n) is 12.5. The Labute approximate surface area is 222 Å². The number of pyridine rings is 1. The van der Waals surface area contributed by atoms with Gasteiger partial charge < -0.3 is 21.1 Å². The molecule has 5 rings (SSSR count). The second-order valence-electron chi connectivity index (χ2n) is 10.6. The Balaban J connectivity index is 1.28. The molecule has 0 unspecified atom stereocenters. The third-order valence-corrected chi connectivity index (χ3v) is 6.62. The van der Waals surface area contributed by atoms with E-state index in [1.54, 1.807) is 18.2 Å². The van der Waals surface area contributed by atoms with Crippen molar-refractivity contribution in [2.24, 2.45) is 10.4 Å². The van der Waals surface area contributed by atoms with Gasteiger partial charge in [0, 0.05) is 33.8 Å². The second-order valence-corrected chi connectivity index (χ2v) is 10.6. The van der Waals surface area contributed by atoms with Crippen LogP contribution in [0.25, 0.3) is 21.8 Å². The van der Waals surface area contributed by atoms with Crippen LogP contribution in [-0.2, 0) is 0 Å². The molecule has 0 bridgehead atoms. The first-order chi connectivity index (χ1) is 18.1. The molecule has 0 saturated heterocycles. The van der Waals surface area contributed by atoms with E-state index in [4.69, 9.17) is 0 Å². The zero-order chi connectivity index (χ0) is 27.0. The number of carbonyl (C=O) groups is 1. The zero-order valence-corrected chi connectivity index (χ0v) is 22.0. The van der Waals surface area contributed by atoms with Crippen LogP contribution in [0, 0.1) is 12.3 Å². The third-order valence-electron chi connectivity index (χ3n) is 6.62. The van der Waals surface area contributed by atoms with Gasteiger partial charge in [0.2, 0.25) is 0 Å². The van der Waals surface area contributed by atoms with Crippen molar-refractivity contribution in [2.45, 2.75) is 27.7 Å². The van der Waals surface area contributed by atoms with Crippen LogP contribution in [-0.4, -0.2) is 28.4 Å². The van der Waals surface area contributed by atoms with Crippen LogP contribution in [0.4, 0.5) is 11.4 Å². The summed E-state index contributed by atoms with van der Waals surface area (Å²) in [5, 5.41) is 21.0. The van der Waals surface area contributed by atoms with E-state index in [0.717, 1.165) is 27.9 Å². The maximum absolute atomic E-state index is 13.2. The maximum Gasteiger partial charge on any atom is 0.256 e. The predicted octanol–water partition coefficient (Wildman–Crippen LogP) is 6.51. The van der Waals surface area contributed by atoms with Crippen molar-refractivity contribution >= 4 is 44.9 Å². The van der Waals surface area contributed by atoms with Crippen molar-refractivity contribution < 1.29 is 9.90 Å². The van der Waals surface area contributed by atoms with E-state index in [9.17, 15) is 9.90 Å². The molecule has 0 radical (unpaired) electrons. The lowest BCUT2D eigenvalue weighted by Crippen LogP contribution is -2.24. The molecule has 4 N–H and O–H groups in total. The number of carbonyl (C=O) groups excluding carboxylic acids is 1. The third kappa shape index (κ3) is 5.22. The number of anilines is 2. The molecule has 0 aliphatic carbocycles. The van der Waals surface area contributed by atoms with E-state index < -0.39 is 0 Å². The number of nitrogens with zero attached hydrogens (tertiary/aromatic N) is 2. The monoisotopic (exact) mass is 505 g/mol. The molecule has 1 aliphatic heterocycles. The number of hydrogen-bond acceptors (Lipinski definition) is 6. The van der Waals surface area contributed by atoms with Crippen molar-refractivity contribution in [2.75, 3.05) is 17.2 Å². The highest BCUT2D eigenvalue weighted by molar-refractivity contribution is 6.14. The number of aromatic hydroxyl groups is 1. The van der Waals surface area contributed by atoms with Gasteiger partial charge in [-0.05, 0) is 78.1 Å². The minimum absolute atomic E-state index is 0.0845. The largest absolute Gasteiger partial charge is 0.508 e. The Hall–Kier alpha value is -4.65. The summed E-state index contributed by atoms with van der Waals surface area (Å²) in [6.07, 6.45) is 2.07. The van der Waals surface area contributed by atoms with E-state index in [1.165, 1.54) is 5.57 Å². The minimum atomic E-state index is -0.222. The highest BCUT2D eigenvalue weighted by Gasteiger charge is 2.21. The number of amidine groups is 1. The molecular formula is C31H31N5O2. The first-order valence-corrected chi connectivity index (χ1v) is 12.5. The number of rotatable bonds is 5. The summed E-state index contributed by atoms with van der Waals surface area (Å²) in [6, 6.07) is 18.2. The fourth-order valence-electron chi connectivity index (χ4n) is 4.47. The quantitative estimate of drug-likeness (QED) is 0.232. The molecule has 7 nitrogen and oxygen atoms in total. The van der Waals surface area contributed by atoms with Gasteiger partial charge in [0.1, 0.15) is 17.4 Å². The van der Waals surface area contributed by atoms with Gasteiger partial charge in [-0.25, -0.2) is 4.98 Å². The topological polar surface area (TPSA) is 98.6 Å². The first kappa shape index (κ1) is 25.0. The fourth-order valence-corrected chi connectivity index (χ4v) is 4.47. The molecule has 1 aliphatic rings. The number of aliphatic imine (C=N–C) groups is 1. The minimum Gasteiger partial charge on any atom is -0.508 e. The van der Waals surface area contributed by atoms with Crippen molar-refractivity contribution in [3.63, 3.8) is 0 Å². The number of phenols is 1. The molecule has 7 heteroatoms. The Morgan fingerprint density at radius 2 is 1.63 bits per heavy atom. The highest BCUT2D eigenvalue weighted by atomic mass is 16.3. The predicted molar refractivity (Wildman–Crippen MR) is 156 cm³/mol. The van der Waals surface area contributed by atoms with E-state index in [0.29, 0.717) is 34.6 Å². The fraction of sp³-hybridized carbons (Fsp3) is 0.194. The van der Waals surface area contributed by atoms with Crippen LogP contribution in [0.2, 0.25) is 0 Å². The molecule has 0 atom stereocenters. The summed E-state index contributed by atoms with van der Waals surface area (Å²) < 4.78 is 0. The van der Waals surface area contributed by atoms with E-state index in [1.807, 2.05) is 49.4 Å². The Bertz CT molecular complexity index is 1640. The summed E-state index contributed by atoms with van der Waals surface area (Å²) in [7, 11) is 0. The molecule has 3 aromatic carbocycles. The standard InChI is InChI=1S/C31H31N5O2/c1-18-13-23(37)15-28-25(18)16-26-24(7-6-8-27(26)36-28)30(38)35-22-11-9-21(10-12-22)33-19(2)34-29-14-20(17-32-29)31(3,4)5/h6-16,33,37H,2,17H2,1,3-5H3,(H,32,34)(H,35,38). The number of benzene rings is 3. The van der Waals surface area contributed by atoms with E-state index in [2.05, 4.69) is 59.4 Å². The maximum atomic E-state index is 13.2. The van der Waals surface area contributed by atoms with Gasteiger partial charge >= 0.3 is 0 Å². The van der Waals surface area contributed by atoms with E-state index >= 15 is 0 Å². The second kappa shape index (κ2) is 9.67. The molecule has 38 heavy (non-hydrogen) atoms. The van der Waals surface area contributed by atoms with Crippen LogP contribution in [0.1, 0.15) is 36.7 Å². The summed E-state index contributed by atoms with van der Waals surface area (Å²) in [5.74, 6) is 1.36. The Kier molecular flexibility index (Phi) is 6.36. The lowest BCUT2D eigenvalue weighted by molar-refractivity contribution is 0.102. The molecule has 192 valence electrons. The average Bonchev–Trinajstić information content (AvgIpc) is 3.33. The van der Waals surface area contributed by atoms with Gasteiger partial charge in [0.25, 0.3) is 5.91 Å². The van der Waals surface area contributed by atoms with Crippen LogP contribution in [0.3, 0.4) is 0 Å². The van der Waals surface area contributed by atoms with Gasteiger partial charge in [0.05, 0.1) is 17.6 Å². The molecule has 0 fully saturated rings. The SMILES string of the molecule is C=C(NC1=NCC(C(C)(C)C)=C1)Nc1ccc(NC(=O)c2cccc3nc4cc(O)cc(C)c4cc23)cc1. The van der Waals surface area contributed by atoms with Crippen molar-refractivity contribution in [3.05, 3.63) is 95.8 Å². The molecule has 2 heterocycles. The van der Waals surface area contributed by atoms with Gasteiger partial charge in [-0.3, -0.25) is 9.79 Å². The molecule has 1 amide bonds. The number of hydrogen-bond donors (Lipinski definition) is 4. The molecular weight excluding hydrogens is 474 g/mol. The molecule has 1 aromatic heterocycles. The zero-order valence-electron chi connectivity index (χ0n) is 22.0. The van der Waals surface area contributed by atoms with Gasteiger partial charge in [0.15, 0.2) is 0 Å². The van der Waals surface area contributed by atoms with Crippen molar-refractivity contribution in [3.8, 4) is 5.75 Å². The van der Waals surface area contributed by atoms with Crippen LogP contribution in [0.15, 0.2) is 89.7 Å². The normalized spacial score (nSPS) is 13.3. The number of fused-ring (bicyclic) bond motifs is 2. The lowest BCUT2D eigenvalue weighted by Gasteiger charge is -2.18. The number of phenolic OH excluding ortho intramolecular Hbond substituents is 1. The Morgan fingerprint density at radius 3 is 2.32 bits per heavy atom. The van der Waals surface area contributed by atoms with Crippen LogP contribution >= 0.6 is 0 Å². The van der Waals surface area contributed by atoms with Gasteiger partial charge in [-0.1, -0.05) is 33.4 Å². The number of nitrogens with one attached hydrogen (secondary N) is 3. The van der Waals surface area contributed by atoms with Crippen LogP contribution < -0.4 is 16.0 Å².